The lowest BCUT2D eigenvalue weighted by Gasteiger charge is -2.08. The third-order valence-electron chi connectivity index (χ3n) is 2.36. The Morgan fingerprint density at radius 1 is 1.44 bits per heavy atom. The molecule has 2 nitrogen and oxygen atoms in total. The summed E-state index contributed by atoms with van der Waals surface area (Å²) in [6.07, 6.45) is 1.87. The van der Waals surface area contributed by atoms with Gasteiger partial charge in [-0.15, -0.1) is 11.8 Å². The molecule has 1 aromatic heterocycles. The second-order valence-corrected chi connectivity index (χ2v) is 5.07. The van der Waals surface area contributed by atoms with Crippen LogP contribution >= 0.6 is 27.7 Å². The molecule has 84 valence electrons. The molecule has 0 spiro atoms. The highest BCUT2D eigenvalue weighted by molar-refractivity contribution is 9.10. The third-order valence-corrected chi connectivity index (χ3v) is 4.04. The maximum Gasteiger partial charge on any atom is 0.163 e. The number of anilines is 1. The molecule has 0 radical (unpaired) electrons. The zero-order valence-electron chi connectivity index (χ0n) is 8.84. The number of aryl methyl sites for hydroxylation is 1. The highest BCUT2D eigenvalue weighted by Crippen LogP contribution is 2.31. The Labute approximate surface area is 106 Å². The average molecular weight is 301 g/mol. The minimum Gasteiger partial charge on any atom is -0.397 e. The van der Waals surface area contributed by atoms with Crippen LogP contribution in [0, 0.1) is 12.7 Å². The van der Waals surface area contributed by atoms with Gasteiger partial charge in [0.05, 0.1) is 10.2 Å². The molecule has 0 aliphatic heterocycles. The van der Waals surface area contributed by atoms with E-state index in [2.05, 4.69) is 20.9 Å². The van der Waals surface area contributed by atoms with Gasteiger partial charge in [-0.3, -0.25) is 0 Å². The van der Waals surface area contributed by atoms with E-state index >= 15 is 0 Å². The third kappa shape index (κ3) is 1.78. The Balaban J connectivity index is 2.86. The summed E-state index contributed by atoms with van der Waals surface area (Å²) in [5, 5.41) is 1.38. The number of rotatable bonds is 1. The lowest BCUT2D eigenvalue weighted by atomic mass is 10.1. The SMILES string of the molecule is CSc1nc2c(F)c(Br)c(C)cc2cc1N. The van der Waals surface area contributed by atoms with Gasteiger partial charge >= 0.3 is 0 Å². The Morgan fingerprint density at radius 3 is 2.75 bits per heavy atom. The molecule has 0 fully saturated rings. The summed E-state index contributed by atoms with van der Waals surface area (Å²) in [5.41, 5.74) is 7.60. The van der Waals surface area contributed by atoms with Crippen molar-refractivity contribution in [3.63, 3.8) is 0 Å². The van der Waals surface area contributed by atoms with Crippen LogP contribution in [0.3, 0.4) is 0 Å². The van der Waals surface area contributed by atoms with Gasteiger partial charge in [-0.05, 0) is 46.8 Å². The quantitative estimate of drug-likeness (QED) is 0.815. The first-order chi connectivity index (χ1) is 7.54. The molecule has 0 aliphatic rings. The molecule has 0 atom stereocenters. The number of nitrogen functional groups attached to an aromatic ring is 1. The minimum atomic E-state index is -0.328. The molecule has 0 saturated carbocycles. The van der Waals surface area contributed by atoms with Crippen LogP contribution in [0.4, 0.5) is 10.1 Å². The fourth-order valence-corrected chi connectivity index (χ4v) is 2.33. The smallest absolute Gasteiger partial charge is 0.163 e. The highest BCUT2D eigenvalue weighted by Gasteiger charge is 2.12. The maximum atomic E-state index is 13.9. The summed E-state index contributed by atoms with van der Waals surface area (Å²) in [7, 11) is 0. The molecule has 2 aromatic rings. The number of halogens is 2. The molecular formula is C11H10BrFN2S. The number of fused-ring (bicyclic) bond motifs is 1. The molecule has 5 heteroatoms. The van der Waals surface area contributed by atoms with E-state index in [1.807, 2.05) is 19.2 Å². The highest BCUT2D eigenvalue weighted by atomic mass is 79.9. The van der Waals surface area contributed by atoms with E-state index < -0.39 is 0 Å². The number of hydrogen-bond acceptors (Lipinski definition) is 3. The predicted molar refractivity (Wildman–Crippen MR) is 70.3 cm³/mol. The summed E-state index contributed by atoms with van der Waals surface area (Å²) in [4.78, 5) is 4.23. The Hall–Kier alpha value is -0.810. The Morgan fingerprint density at radius 2 is 2.12 bits per heavy atom. The fraction of sp³-hybridized carbons (Fsp3) is 0.182. The summed E-state index contributed by atoms with van der Waals surface area (Å²) in [6.45, 7) is 1.84. The molecule has 2 rings (SSSR count). The zero-order valence-corrected chi connectivity index (χ0v) is 11.2. The van der Waals surface area contributed by atoms with Gasteiger partial charge in [0.25, 0.3) is 0 Å². The van der Waals surface area contributed by atoms with Crippen LogP contribution < -0.4 is 5.73 Å². The molecule has 16 heavy (non-hydrogen) atoms. The van der Waals surface area contributed by atoms with Gasteiger partial charge in [-0.2, -0.15) is 0 Å². The van der Waals surface area contributed by atoms with Crippen molar-refractivity contribution >= 4 is 44.3 Å². The maximum absolute atomic E-state index is 13.9. The van der Waals surface area contributed by atoms with E-state index in [1.54, 1.807) is 6.07 Å². The minimum absolute atomic E-state index is 0.328. The van der Waals surface area contributed by atoms with Crippen LogP contribution in [-0.4, -0.2) is 11.2 Å². The van der Waals surface area contributed by atoms with Crippen LogP contribution in [0.25, 0.3) is 10.9 Å². The van der Waals surface area contributed by atoms with Gasteiger partial charge < -0.3 is 5.73 Å². The van der Waals surface area contributed by atoms with Crippen LogP contribution in [-0.2, 0) is 0 Å². The standard InChI is InChI=1S/C11H10BrFN2S/c1-5-3-6-4-7(14)11(16-2)15-10(6)9(13)8(5)12/h3-4H,14H2,1-2H3. The van der Waals surface area contributed by atoms with Gasteiger partial charge in [0.1, 0.15) is 10.5 Å². The lowest BCUT2D eigenvalue weighted by Crippen LogP contribution is -1.96. The first-order valence-electron chi connectivity index (χ1n) is 4.63. The van der Waals surface area contributed by atoms with Gasteiger partial charge in [-0.1, -0.05) is 0 Å². The molecule has 2 N–H and O–H groups in total. The van der Waals surface area contributed by atoms with E-state index in [-0.39, 0.29) is 5.82 Å². The number of nitrogens with zero attached hydrogens (tertiary/aromatic N) is 1. The predicted octanol–water partition coefficient (Wildman–Crippen LogP) is 3.75. The largest absolute Gasteiger partial charge is 0.397 e. The van der Waals surface area contributed by atoms with E-state index in [4.69, 9.17) is 5.73 Å². The normalized spacial score (nSPS) is 11.0. The lowest BCUT2D eigenvalue weighted by molar-refractivity contribution is 0.628. The molecule has 1 aromatic carbocycles. The number of benzene rings is 1. The van der Waals surface area contributed by atoms with Crippen LogP contribution in [0.1, 0.15) is 5.56 Å². The van der Waals surface area contributed by atoms with Crippen molar-refractivity contribution < 1.29 is 4.39 Å². The molecule has 0 saturated heterocycles. The summed E-state index contributed by atoms with van der Waals surface area (Å²) < 4.78 is 14.4. The monoisotopic (exact) mass is 300 g/mol. The van der Waals surface area contributed by atoms with E-state index in [9.17, 15) is 4.39 Å². The first-order valence-corrected chi connectivity index (χ1v) is 6.65. The summed E-state index contributed by atoms with van der Waals surface area (Å²) in [5.74, 6) is -0.328. The number of hydrogen-bond donors (Lipinski definition) is 1. The summed E-state index contributed by atoms with van der Waals surface area (Å²) >= 11 is 4.62. The van der Waals surface area contributed by atoms with Crippen molar-refractivity contribution in [2.75, 3.05) is 12.0 Å². The van der Waals surface area contributed by atoms with E-state index in [0.29, 0.717) is 20.7 Å². The van der Waals surface area contributed by atoms with E-state index in [1.165, 1.54) is 11.8 Å². The van der Waals surface area contributed by atoms with Gasteiger partial charge in [0.2, 0.25) is 0 Å². The van der Waals surface area contributed by atoms with Gasteiger partial charge in [0.15, 0.2) is 5.82 Å². The molecule has 0 amide bonds. The zero-order chi connectivity index (χ0) is 11.9. The van der Waals surface area contributed by atoms with Crippen LogP contribution in [0.2, 0.25) is 0 Å². The van der Waals surface area contributed by atoms with Gasteiger partial charge in [0, 0.05) is 5.39 Å². The Bertz CT molecular complexity index is 572. The second kappa shape index (κ2) is 4.22. The average Bonchev–Trinajstić information content (AvgIpc) is 2.26. The number of nitrogens with two attached hydrogens (primary N) is 1. The summed E-state index contributed by atoms with van der Waals surface area (Å²) in [6, 6.07) is 3.63. The molecule has 0 bridgehead atoms. The molecule has 1 heterocycles. The number of aromatic nitrogens is 1. The fourth-order valence-electron chi connectivity index (χ4n) is 1.55. The van der Waals surface area contributed by atoms with Crippen molar-refractivity contribution in [3.8, 4) is 0 Å². The molecule has 0 aliphatic carbocycles. The van der Waals surface area contributed by atoms with Crippen LogP contribution in [0.5, 0.6) is 0 Å². The van der Waals surface area contributed by atoms with Crippen molar-refractivity contribution in [2.45, 2.75) is 11.9 Å². The van der Waals surface area contributed by atoms with Crippen molar-refractivity contribution in [3.05, 3.63) is 28.0 Å². The second-order valence-electron chi connectivity index (χ2n) is 3.48. The number of thioether (sulfide) groups is 1. The first kappa shape index (κ1) is 11.7. The van der Waals surface area contributed by atoms with Crippen molar-refractivity contribution in [1.29, 1.82) is 0 Å². The Kier molecular flexibility index (Phi) is 3.08. The van der Waals surface area contributed by atoms with E-state index in [0.717, 1.165) is 10.9 Å². The number of pyridine rings is 1. The molecule has 0 unspecified atom stereocenters. The van der Waals surface area contributed by atoms with Crippen LogP contribution in [0.15, 0.2) is 21.6 Å². The van der Waals surface area contributed by atoms with Crippen molar-refractivity contribution in [2.24, 2.45) is 0 Å². The van der Waals surface area contributed by atoms with Gasteiger partial charge in [-0.25, -0.2) is 9.37 Å². The van der Waals surface area contributed by atoms with Crippen molar-refractivity contribution in [1.82, 2.24) is 4.98 Å². The topological polar surface area (TPSA) is 38.9 Å². The molecular weight excluding hydrogens is 291 g/mol.